The second-order valence-electron chi connectivity index (χ2n) is 7.12. The zero-order chi connectivity index (χ0) is 18.8. The highest BCUT2D eigenvalue weighted by Crippen LogP contribution is 2.30. The van der Waals surface area contributed by atoms with Gasteiger partial charge in [-0.25, -0.2) is 0 Å². The fourth-order valence-electron chi connectivity index (χ4n) is 3.65. The quantitative estimate of drug-likeness (QED) is 0.740. The molecule has 0 saturated heterocycles. The van der Waals surface area contributed by atoms with E-state index in [1.165, 1.54) is 11.3 Å². The van der Waals surface area contributed by atoms with Crippen molar-refractivity contribution in [2.75, 3.05) is 18.0 Å². The first kappa shape index (κ1) is 17.5. The lowest BCUT2D eigenvalue weighted by Crippen LogP contribution is -2.22. The molecule has 6 nitrogen and oxygen atoms in total. The normalized spacial score (nSPS) is 15.2. The summed E-state index contributed by atoms with van der Waals surface area (Å²) in [4.78, 5) is 19.0. The number of anilines is 1. The Labute approximate surface area is 159 Å². The highest BCUT2D eigenvalue weighted by atomic mass is 16.5. The molecule has 0 N–H and O–H groups in total. The number of benzene rings is 1. The van der Waals surface area contributed by atoms with Gasteiger partial charge in [0.15, 0.2) is 0 Å². The Balaban J connectivity index is 1.39. The third-order valence-electron chi connectivity index (χ3n) is 5.04. The first-order chi connectivity index (χ1) is 13.1. The summed E-state index contributed by atoms with van der Waals surface area (Å²) in [5, 5.41) is 4.27. The van der Waals surface area contributed by atoms with E-state index in [2.05, 4.69) is 33.2 Å². The zero-order valence-electron chi connectivity index (χ0n) is 15.8. The average Bonchev–Trinajstić information content (AvgIpc) is 3.35. The standard InChI is InChI=1S/C21H24N4O2/c1-15-10-19(24(2)23-15)14-27-21(26)12-16-5-6-17-7-9-25(20(17)11-16)13-18-4-3-8-22-18/h4-6,8,10-11H,3,7,9,12-14H2,1-2H3. The summed E-state index contributed by atoms with van der Waals surface area (Å²) >= 11 is 0. The van der Waals surface area contributed by atoms with Gasteiger partial charge in [0.05, 0.1) is 30.1 Å². The Morgan fingerprint density at radius 1 is 1.30 bits per heavy atom. The highest BCUT2D eigenvalue weighted by Gasteiger charge is 2.21. The van der Waals surface area contributed by atoms with Crippen molar-refractivity contribution in [3.8, 4) is 0 Å². The molecule has 0 saturated carbocycles. The molecule has 0 fully saturated rings. The van der Waals surface area contributed by atoms with Crippen molar-refractivity contribution in [1.29, 1.82) is 0 Å². The number of nitrogens with zero attached hydrogens (tertiary/aromatic N) is 4. The fraction of sp³-hybridized carbons (Fsp3) is 0.381. The van der Waals surface area contributed by atoms with Gasteiger partial charge in [-0.05, 0) is 36.6 Å². The molecule has 27 heavy (non-hydrogen) atoms. The largest absolute Gasteiger partial charge is 0.459 e. The van der Waals surface area contributed by atoms with Crippen LogP contribution in [0.1, 0.15) is 28.9 Å². The van der Waals surface area contributed by atoms with Crippen molar-refractivity contribution < 1.29 is 9.53 Å². The van der Waals surface area contributed by atoms with Gasteiger partial charge in [0.25, 0.3) is 0 Å². The third kappa shape index (κ3) is 3.94. The van der Waals surface area contributed by atoms with Crippen molar-refractivity contribution in [3.63, 3.8) is 0 Å². The fourth-order valence-corrected chi connectivity index (χ4v) is 3.65. The van der Waals surface area contributed by atoms with E-state index in [9.17, 15) is 4.79 Å². The number of aromatic nitrogens is 2. The average molecular weight is 364 g/mol. The van der Waals surface area contributed by atoms with Crippen LogP contribution in [0.4, 0.5) is 5.69 Å². The summed E-state index contributed by atoms with van der Waals surface area (Å²) in [7, 11) is 1.86. The SMILES string of the molecule is Cc1cc(COC(=O)Cc2ccc3c(c2)N(CC2=CCC=N2)CC3)n(C)n1. The number of hydrogen-bond acceptors (Lipinski definition) is 5. The van der Waals surface area contributed by atoms with E-state index in [0.29, 0.717) is 0 Å². The van der Waals surface area contributed by atoms with Gasteiger partial charge >= 0.3 is 5.97 Å². The molecule has 0 radical (unpaired) electrons. The van der Waals surface area contributed by atoms with Gasteiger partial charge in [-0.3, -0.25) is 14.5 Å². The zero-order valence-corrected chi connectivity index (χ0v) is 15.8. The second-order valence-corrected chi connectivity index (χ2v) is 7.12. The molecule has 4 rings (SSSR count). The number of allylic oxidation sites excluding steroid dienone is 1. The van der Waals surface area contributed by atoms with E-state index in [4.69, 9.17) is 4.74 Å². The van der Waals surface area contributed by atoms with Crippen LogP contribution in [0.25, 0.3) is 0 Å². The van der Waals surface area contributed by atoms with Crippen LogP contribution in [0.5, 0.6) is 0 Å². The molecule has 1 aromatic carbocycles. The maximum Gasteiger partial charge on any atom is 0.310 e. The van der Waals surface area contributed by atoms with Crippen LogP contribution in [0, 0.1) is 6.92 Å². The van der Waals surface area contributed by atoms with Crippen molar-refractivity contribution in [1.82, 2.24) is 9.78 Å². The number of aliphatic imine (C=N–C) groups is 1. The van der Waals surface area contributed by atoms with Crippen molar-refractivity contribution in [2.24, 2.45) is 12.0 Å². The number of carbonyl (C=O) groups excluding carboxylic acids is 1. The lowest BCUT2D eigenvalue weighted by atomic mass is 10.1. The molecule has 2 aliphatic rings. The Hall–Kier alpha value is -2.89. The minimum atomic E-state index is -0.221. The molecule has 0 unspecified atom stereocenters. The van der Waals surface area contributed by atoms with Crippen LogP contribution in [0.2, 0.25) is 0 Å². The third-order valence-corrected chi connectivity index (χ3v) is 5.04. The maximum absolute atomic E-state index is 12.3. The molecule has 2 aromatic rings. The smallest absolute Gasteiger partial charge is 0.310 e. The van der Waals surface area contributed by atoms with Gasteiger partial charge in [-0.2, -0.15) is 5.10 Å². The highest BCUT2D eigenvalue weighted by molar-refractivity contribution is 5.74. The summed E-state index contributed by atoms with van der Waals surface area (Å²) in [6.07, 6.45) is 6.36. The summed E-state index contributed by atoms with van der Waals surface area (Å²) in [5.74, 6) is -0.221. The number of rotatable bonds is 6. The molecular formula is C21H24N4O2. The predicted octanol–water partition coefficient (Wildman–Crippen LogP) is 2.74. The Bertz CT molecular complexity index is 926. The molecule has 3 heterocycles. The number of carbonyl (C=O) groups is 1. The monoisotopic (exact) mass is 364 g/mol. The van der Waals surface area contributed by atoms with Crippen LogP contribution in [-0.2, 0) is 36.0 Å². The number of esters is 1. The van der Waals surface area contributed by atoms with E-state index in [1.807, 2.05) is 32.3 Å². The van der Waals surface area contributed by atoms with Crippen LogP contribution in [0.3, 0.4) is 0 Å². The molecule has 140 valence electrons. The van der Waals surface area contributed by atoms with Gasteiger partial charge < -0.3 is 9.64 Å². The van der Waals surface area contributed by atoms with Crippen molar-refractivity contribution >= 4 is 17.9 Å². The molecule has 0 aliphatic carbocycles. The summed E-state index contributed by atoms with van der Waals surface area (Å²) in [6, 6.07) is 8.22. The second kappa shape index (κ2) is 7.39. The summed E-state index contributed by atoms with van der Waals surface area (Å²) < 4.78 is 7.18. The van der Waals surface area contributed by atoms with Gasteiger partial charge in [-0.1, -0.05) is 18.2 Å². The minimum absolute atomic E-state index is 0.221. The van der Waals surface area contributed by atoms with Crippen LogP contribution in [-0.4, -0.2) is 35.1 Å². The lowest BCUT2D eigenvalue weighted by Gasteiger charge is -2.19. The van der Waals surface area contributed by atoms with Crippen molar-refractivity contribution in [3.05, 3.63) is 58.6 Å². The first-order valence-electron chi connectivity index (χ1n) is 9.32. The molecule has 0 amide bonds. The van der Waals surface area contributed by atoms with Crippen molar-refractivity contribution in [2.45, 2.75) is 32.8 Å². The predicted molar refractivity (Wildman–Crippen MR) is 105 cm³/mol. The van der Waals surface area contributed by atoms with E-state index < -0.39 is 0 Å². The van der Waals surface area contributed by atoms with Crippen LogP contribution >= 0.6 is 0 Å². The van der Waals surface area contributed by atoms with Gasteiger partial charge in [0.1, 0.15) is 6.61 Å². The Morgan fingerprint density at radius 2 is 2.19 bits per heavy atom. The van der Waals surface area contributed by atoms with E-state index in [-0.39, 0.29) is 19.0 Å². The lowest BCUT2D eigenvalue weighted by molar-refractivity contribution is -0.144. The number of fused-ring (bicyclic) bond motifs is 1. The molecular weight excluding hydrogens is 340 g/mol. The molecule has 6 heteroatoms. The summed E-state index contributed by atoms with van der Waals surface area (Å²) in [5.41, 5.74) is 6.47. The molecule has 1 aromatic heterocycles. The van der Waals surface area contributed by atoms with Gasteiger partial charge in [0, 0.05) is 31.9 Å². The molecule has 0 spiro atoms. The van der Waals surface area contributed by atoms with E-state index in [1.54, 1.807) is 4.68 Å². The van der Waals surface area contributed by atoms with Crippen LogP contribution in [0.15, 0.2) is 41.0 Å². The van der Waals surface area contributed by atoms with Crippen LogP contribution < -0.4 is 4.90 Å². The molecule has 2 aliphatic heterocycles. The maximum atomic E-state index is 12.3. The Morgan fingerprint density at radius 3 is 2.93 bits per heavy atom. The van der Waals surface area contributed by atoms with E-state index in [0.717, 1.165) is 48.6 Å². The number of hydrogen-bond donors (Lipinski definition) is 0. The van der Waals surface area contributed by atoms with Gasteiger partial charge in [0.2, 0.25) is 0 Å². The van der Waals surface area contributed by atoms with E-state index >= 15 is 0 Å². The molecule has 0 bridgehead atoms. The number of ether oxygens (including phenoxy) is 1. The summed E-state index contributed by atoms with van der Waals surface area (Å²) in [6.45, 7) is 4.00. The first-order valence-corrected chi connectivity index (χ1v) is 9.32. The number of aryl methyl sites for hydroxylation is 2. The van der Waals surface area contributed by atoms with Gasteiger partial charge in [-0.15, -0.1) is 0 Å². The minimum Gasteiger partial charge on any atom is -0.459 e. The topological polar surface area (TPSA) is 59.7 Å². The molecule has 0 atom stereocenters. The Kier molecular flexibility index (Phi) is 4.79.